The van der Waals surface area contributed by atoms with Crippen molar-refractivity contribution in [1.82, 2.24) is 19.7 Å². The molecule has 2 aliphatic heterocycles. The maximum Gasteiger partial charge on any atom is 0.284 e. The second kappa shape index (κ2) is 8.89. The van der Waals surface area contributed by atoms with E-state index in [4.69, 9.17) is 40.5 Å². The number of phenols is 1. The quantitative estimate of drug-likeness (QED) is 0.316. The van der Waals surface area contributed by atoms with Crippen LogP contribution in [0.5, 0.6) is 5.75 Å². The number of hydrogen-bond donors (Lipinski definition) is 3. The Morgan fingerprint density at radius 3 is 2.32 bits per heavy atom. The van der Waals surface area contributed by atoms with E-state index in [-0.39, 0.29) is 18.1 Å². The van der Waals surface area contributed by atoms with Crippen molar-refractivity contribution in [2.24, 2.45) is 5.73 Å². The van der Waals surface area contributed by atoms with E-state index in [9.17, 15) is 9.90 Å². The highest BCUT2D eigenvalue weighted by Crippen LogP contribution is 2.37. The first-order valence-corrected chi connectivity index (χ1v) is 11.8. The van der Waals surface area contributed by atoms with Crippen LogP contribution in [0, 0.1) is 0 Å². The van der Waals surface area contributed by atoms with Crippen LogP contribution in [0.25, 0.3) is 17.1 Å². The van der Waals surface area contributed by atoms with Crippen LogP contribution in [0.15, 0.2) is 35.1 Å². The predicted octanol–water partition coefficient (Wildman–Crippen LogP) is 5.63. The van der Waals surface area contributed by atoms with Gasteiger partial charge in [-0.25, -0.2) is 9.67 Å². The number of halogens is 3. The van der Waals surface area contributed by atoms with Gasteiger partial charge in [0.25, 0.3) is 5.56 Å². The number of benzene rings is 2. The molecule has 4 N–H and O–H groups in total. The van der Waals surface area contributed by atoms with Gasteiger partial charge in [-0.2, -0.15) is 4.98 Å². The Morgan fingerprint density at radius 1 is 1.12 bits per heavy atom. The molecule has 0 amide bonds. The van der Waals surface area contributed by atoms with E-state index < -0.39 is 11.1 Å². The van der Waals surface area contributed by atoms with Crippen molar-refractivity contribution in [3.05, 3.63) is 78.4 Å². The smallest absolute Gasteiger partial charge is 0.284 e. The van der Waals surface area contributed by atoms with E-state index in [2.05, 4.69) is 15.1 Å². The Bertz CT molecular complexity index is 1400. The van der Waals surface area contributed by atoms with Gasteiger partial charge in [-0.3, -0.25) is 9.89 Å². The number of aromatic amines is 1. The molecular weight excluding hydrogens is 497 g/mol. The molecule has 0 saturated heterocycles. The summed E-state index contributed by atoms with van der Waals surface area (Å²) in [5.74, 6) is 0.710. The summed E-state index contributed by atoms with van der Waals surface area (Å²) in [5.41, 5.74) is 7.82. The number of rotatable bonds is 5. The van der Waals surface area contributed by atoms with Crippen molar-refractivity contribution in [1.29, 1.82) is 0 Å². The van der Waals surface area contributed by atoms with Crippen LogP contribution < -0.4 is 11.3 Å². The molecule has 2 aliphatic rings. The summed E-state index contributed by atoms with van der Waals surface area (Å²) in [5, 5.41) is 14.7. The van der Waals surface area contributed by atoms with Crippen molar-refractivity contribution in [3.8, 4) is 22.8 Å². The molecule has 0 unspecified atom stereocenters. The van der Waals surface area contributed by atoms with Crippen molar-refractivity contribution in [2.45, 2.75) is 45.6 Å². The average molecular weight is 521 g/mol. The molecule has 7 nitrogen and oxygen atoms in total. The molecule has 10 heteroatoms. The molecule has 0 saturated carbocycles. The van der Waals surface area contributed by atoms with Gasteiger partial charge in [0, 0.05) is 22.5 Å². The van der Waals surface area contributed by atoms with Crippen LogP contribution >= 0.6 is 34.8 Å². The standard InChI is InChI=1S/C24H24Cl3N5O2/c1-11(2)20-19-22(32(31-20)21-15(26)9-13(25)10-16(21)27)29-18(30-23(19)34)8-12-5-6-14(17(33)7-12)24(3,4)28/h5-7,9-11,31,33H,8,28H2,1-4H3. The molecule has 0 aliphatic carbocycles. The maximum absolute atomic E-state index is 13.1. The summed E-state index contributed by atoms with van der Waals surface area (Å²) in [6, 6.07) is 8.35. The van der Waals surface area contributed by atoms with Gasteiger partial charge in [-0.1, -0.05) is 60.8 Å². The molecular formula is C24H24Cl3N5O2. The Hall–Kier alpha value is -2.58. The Labute approximate surface area is 211 Å². The van der Waals surface area contributed by atoms with Crippen LogP contribution in [0.4, 0.5) is 0 Å². The lowest BCUT2D eigenvalue weighted by Crippen LogP contribution is -2.28. The number of aromatic hydroxyl groups is 1. The minimum Gasteiger partial charge on any atom is -0.508 e. The fourth-order valence-corrected chi connectivity index (χ4v) is 4.91. The zero-order valence-corrected chi connectivity index (χ0v) is 21.3. The van der Waals surface area contributed by atoms with Gasteiger partial charge in [0.2, 0.25) is 0 Å². The average Bonchev–Trinajstić information content (AvgIpc) is 3.06. The lowest BCUT2D eigenvalue weighted by atomic mass is 9.93. The fourth-order valence-electron chi connectivity index (χ4n) is 3.92. The molecule has 4 rings (SSSR count). The number of nitrogens with two attached hydrogens (primary N) is 1. The molecule has 0 radical (unpaired) electrons. The lowest BCUT2D eigenvalue weighted by molar-refractivity contribution is 0.440. The highest BCUT2D eigenvalue weighted by molar-refractivity contribution is 6.40. The molecule has 2 aromatic rings. The second-order valence-electron chi connectivity index (χ2n) is 9.13. The third kappa shape index (κ3) is 4.53. The number of H-pyrrole nitrogens is 1. The number of phenolic OH excluding ortho intramolecular Hbond substituents is 1. The molecule has 0 atom stereocenters. The van der Waals surface area contributed by atoms with Crippen LogP contribution in [0.1, 0.15) is 56.3 Å². The zero-order valence-electron chi connectivity index (χ0n) is 19.1. The van der Waals surface area contributed by atoms with Crippen molar-refractivity contribution in [2.75, 3.05) is 0 Å². The Kier molecular flexibility index (Phi) is 6.42. The SMILES string of the molecule is CC(C)c1[nH]n(-c2c(Cl)cc(Cl)cc2Cl)c2nc(Cc3ccc(C(C)(C)N)c(O)c3)nc(=O)c1-2. The van der Waals surface area contributed by atoms with E-state index in [0.29, 0.717) is 49.2 Å². The van der Waals surface area contributed by atoms with Gasteiger partial charge in [-0.15, -0.1) is 0 Å². The highest BCUT2D eigenvalue weighted by Gasteiger charge is 2.27. The molecule has 0 fully saturated rings. The third-order valence-electron chi connectivity index (χ3n) is 5.52. The topological polar surface area (TPSA) is 110 Å². The summed E-state index contributed by atoms with van der Waals surface area (Å²) in [6.45, 7) is 7.54. The molecule has 34 heavy (non-hydrogen) atoms. The molecule has 0 bridgehead atoms. The zero-order chi connectivity index (χ0) is 24.9. The monoisotopic (exact) mass is 519 g/mol. The van der Waals surface area contributed by atoms with Crippen LogP contribution in [0.3, 0.4) is 0 Å². The largest absolute Gasteiger partial charge is 0.508 e. The van der Waals surface area contributed by atoms with Gasteiger partial charge in [0.05, 0.1) is 15.7 Å². The summed E-state index contributed by atoms with van der Waals surface area (Å²) in [6.07, 6.45) is 0.230. The lowest BCUT2D eigenvalue weighted by Gasteiger charge is -2.20. The number of aromatic nitrogens is 4. The summed E-state index contributed by atoms with van der Waals surface area (Å²) >= 11 is 19.0. The normalized spacial score (nSPS) is 12.1. The molecule has 178 valence electrons. The molecule has 2 heterocycles. The van der Waals surface area contributed by atoms with Crippen LogP contribution in [-0.4, -0.2) is 24.9 Å². The Morgan fingerprint density at radius 2 is 1.76 bits per heavy atom. The van der Waals surface area contributed by atoms with Gasteiger partial charge in [0.15, 0.2) is 5.82 Å². The van der Waals surface area contributed by atoms with Gasteiger partial charge in [0.1, 0.15) is 22.8 Å². The van der Waals surface area contributed by atoms with E-state index in [0.717, 1.165) is 5.56 Å². The second-order valence-corrected chi connectivity index (χ2v) is 10.4. The number of hydrogen-bond acceptors (Lipinski definition) is 5. The van der Waals surface area contributed by atoms with Gasteiger partial charge in [-0.05, 0) is 43.5 Å². The predicted molar refractivity (Wildman–Crippen MR) is 136 cm³/mol. The number of nitrogens with zero attached hydrogens (tertiary/aromatic N) is 3. The van der Waals surface area contributed by atoms with Crippen LogP contribution in [0.2, 0.25) is 15.1 Å². The summed E-state index contributed by atoms with van der Waals surface area (Å²) < 4.78 is 1.59. The van der Waals surface area contributed by atoms with Gasteiger partial charge >= 0.3 is 0 Å². The van der Waals surface area contributed by atoms with E-state index in [1.165, 1.54) is 0 Å². The van der Waals surface area contributed by atoms with Crippen molar-refractivity contribution in [3.63, 3.8) is 0 Å². The summed E-state index contributed by atoms with van der Waals surface area (Å²) in [7, 11) is 0. The summed E-state index contributed by atoms with van der Waals surface area (Å²) in [4.78, 5) is 22.0. The first kappa shape index (κ1) is 24.5. The molecule has 0 aromatic heterocycles. The first-order chi connectivity index (χ1) is 15.9. The number of nitrogens with one attached hydrogen (secondary N) is 1. The third-order valence-corrected chi connectivity index (χ3v) is 6.31. The first-order valence-electron chi connectivity index (χ1n) is 10.6. The maximum atomic E-state index is 13.1. The minimum absolute atomic E-state index is 0.0140. The Balaban J connectivity index is 1.87. The van der Waals surface area contributed by atoms with Crippen molar-refractivity contribution < 1.29 is 5.11 Å². The van der Waals surface area contributed by atoms with Gasteiger partial charge < -0.3 is 10.8 Å². The van der Waals surface area contributed by atoms with E-state index in [1.54, 1.807) is 28.9 Å². The minimum atomic E-state index is -0.693. The van der Waals surface area contributed by atoms with Crippen molar-refractivity contribution >= 4 is 34.8 Å². The van der Waals surface area contributed by atoms with E-state index in [1.807, 2.05) is 33.8 Å². The fraction of sp³-hybridized carbons (Fsp3) is 0.292. The number of fused-ring (bicyclic) bond motifs is 1. The molecule has 0 spiro atoms. The highest BCUT2D eigenvalue weighted by atomic mass is 35.5. The van der Waals surface area contributed by atoms with Crippen LogP contribution in [-0.2, 0) is 12.0 Å². The van der Waals surface area contributed by atoms with E-state index >= 15 is 0 Å². The molecule has 2 aromatic carbocycles.